The minimum atomic E-state index is -0.331. The van der Waals surface area contributed by atoms with Crippen molar-refractivity contribution in [3.63, 3.8) is 0 Å². The summed E-state index contributed by atoms with van der Waals surface area (Å²) in [6.45, 7) is 6.48. The van der Waals surface area contributed by atoms with Gasteiger partial charge in [0.25, 0.3) is 11.8 Å². The van der Waals surface area contributed by atoms with Crippen molar-refractivity contribution in [2.75, 3.05) is 6.61 Å². The molecular weight excluding hydrogens is 352 g/mol. The lowest BCUT2D eigenvalue weighted by Crippen LogP contribution is -2.47. The maximum Gasteiger partial charge on any atom is 0.261 e. The summed E-state index contributed by atoms with van der Waals surface area (Å²) in [6.07, 6.45) is 2.08. The molecule has 5 heteroatoms. The quantitative estimate of drug-likeness (QED) is 0.795. The Morgan fingerprint density at radius 1 is 1.07 bits per heavy atom. The van der Waals surface area contributed by atoms with Crippen LogP contribution in [0.1, 0.15) is 49.5 Å². The molecule has 1 aliphatic carbocycles. The fourth-order valence-electron chi connectivity index (χ4n) is 2.91. The summed E-state index contributed by atoms with van der Waals surface area (Å²) in [6, 6.07) is 17.2. The number of nitrogens with one attached hydrogen (secondary N) is 1. The van der Waals surface area contributed by atoms with E-state index in [1.54, 1.807) is 24.3 Å². The Hall–Kier alpha value is -2.82. The van der Waals surface area contributed by atoms with Crippen molar-refractivity contribution in [2.45, 2.75) is 51.7 Å². The van der Waals surface area contributed by atoms with Gasteiger partial charge in [0.2, 0.25) is 0 Å². The summed E-state index contributed by atoms with van der Waals surface area (Å²) in [5, 5.41) is 2.96. The third kappa shape index (κ3) is 5.59. The summed E-state index contributed by atoms with van der Waals surface area (Å²) in [7, 11) is 0. The van der Waals surface area contributed by atoms with Crippen LogP contribution >= 0.6 is 0 Å². The summed E-state index contributed by atoms with van der Waals surface area (Å²) in [5.41, 5.74) is 1.29. The second-order valence-electron chi connectivity index (χ2n) is 8.20. The van der Waals surface area contributed by atoms with Crippen LogP contribution in [0.15, 0.2) is 54.6 Å². The molecule has 148 valence electrons. The zero-order chi connectivity index (χ0) is 20.1. The lowest BCUT2D eigenvalue weighted by Gasteiger charge is -2.35. The minimum Gasteiger partial charge on any atom is -0.484 e. The number of hydrogen-bond acceptors (Lipinski definition) is 3. The van der Waals surface area contributed by atoms with E-state index in [0.29, 0.717) is 23.9 Å². The number of ether oxygens (including phenoxy) is 1. The summed E-state index contributed by atoms with van der Waals surface area (Å²) in [4.78, 5) is 26.9. The molecule has 5 nitrogen and oxygen atoms in total. The van der Waals surface area contributed by atoms with Gasteiger partial charge in [0, 0.05) is 23.7 Å². The van der Waals surface area contributed by atoms with Gasteiger partial charge in [-0.2, -0.15) is 0 Å². The number of nitrogens with zero attached hydrogens (tertiary/aromatic N) is 1. The SMILES string of the molecule is CC(C)(C)N(Cc1ccccc1)C(=O)COc1cccc(C(=O)NC2CC2)c1. The van der Waals surface area contributed by atoms with Crippen molar-refractivity contribution < 1.29 is 14.3 Å². The Balaban J connectivity index is 1.63. The van der Waals surface area contributed by atoms with Crippen LogP contribution in [0.2, 0.25) is 0 Å². The van der Waals surface area contributed by atoms with Crippen molar-refractivity contribution in [3.8, 4) is 5.75 Å². The summed E-state index contributed by atoms with van der Waals surface area (Å²) in [5.74, 6) is 0.328. The first-order chi connectivity index (χ1) is 13.3. The molecular formula is C23H28N2O3. The fraction of sp³-hybridized carbons (Fsp3) is 0.391. The van der Waals surface area contributed by atoms with Crippen molar-refractivity contribution >= 4 is 11.8 Å². The predicted octanol–water partition coefficient (Wildman–Crippen LogP) is 3.78. The first-order valence-corrected chi connectivity index (χ1v) is 9.71. The molecule has 0 spiro atoms. The highest BCUT2D eigenvalue weighted by atomic mass is 16.5. The number of carbonyl (C=O) groups is 2. The van der Waals surface area contributed by atoms with Crippen LogP contribution in [0.3, 0.4) is 0 Å². The largest absolute Gasteiger partial charge is 0.484 e. The highest BCUT2D eigenvalue weighted by Gasteiger charge is 2.27. The zero-order valence-electron chi connectivity index (χ0n) is 16.8. The normalized spacial score (nSPS) is 13.7. The van der Waals surface area contributed by atoms with Crippen LogP contribution in [-0.2, 0) is 11.3 Å². The minimum absolute atomic E-state index is 0.0716. The van der Waals surface area contributed by atoms with Crippen LogP contribution in [0, 0.1) is 0 Å². The summed E-state index contributed by atoms with van der Waals surface area (Å²) < 4.78 is 5.72. The van der Waals surface area contributed by atoms with Gasteiger partial charge < -0.3 is 15.0 Å². The molecule has 0 radical (unpaired) electrons. The number of rotatable bonds is 7. The van der Waals surface area contributed by atoms with Gasteiger partial charge in [-0.05, 0) is 57.4 Å². The molecule has 3 rings (SSSR count). The Labute approximate surface area is 166 Å². The summed E-state index contributed by atoms with van der Waals surface area (Å²) >= 11 is 0. The maximum absolute atomic E-state index is 12.9. The third-order valence-electron chi connectivity index (χ3n) is 4.67. The molecule has 0 saturated heterocycles. The van der Waals surface area contributed by atoms with Crippen LogP contribution in [0.5, 0.6) is 5.75 Å². The van der Waals surface area contributed by atoms with Crippen LogP contribution < -0.4 is 10.1 Å². The molecule has 0 heterocycles. The first kappa shape index (κ1) is 19.9. The molecule has 0 atom stereocenters. The van der Waals surface area contributed by atoms with Gasteiger partial charge in [-0.15, -0.1) is 0 Å². The lowest BCUT2D eigenvalue weighted by atomic mass is 10.0. The van der Waals surface area contributed by atoms with E-state index >= 15 is 0 Å². The molecule has 28 heavy (non-hydrogen) atoms. The Morgan fingerprint density at radius 2 is 1.79 bits per heavy atom. The average Bonchev–Trinajstić information content (AvgIpc) is 3.48. The maximum atomic E-state index is 12.9. The first-order valence-electron chi connectivity index (χ1n) is 9.71. The van der Waals surface area contributed by atoms with Gasteiger partial charge >= 0.3 is 0 Å². The van der Waals surface area contributed by atoms with Crippen LogP contribution in [0.4, 0.5) is 0 Å². The smallest absolute Gasteiger partial charge is 0.261 e. The molecule has 2 aromatic carbocycles. The highest BCUT2D eigenvalue weighted by Crippen LogP contribution is 2.21. The van der Waals surface area contributed by atoms with E-state index in [2.05, 4.69) is 5.32 Å². The predicted molar refractivity (Wildman–Crippen MR) is 109 cm³/mol. The van der Waals surface area contributed by atoms with Gasteiger partial charge in [0.05, 0.1) is 0 Å². The fourth-order valence-corrected chi connectivity index (χ4v) is 2.91. The van der Waals surface area contributed by atoms with Gasteiger partial charge in [0.1, 0.15) is 5.75 Å². The standard InChI is InChI=1S/C23H28N2O3/c1-23(2,3)25(15-17-8-5-4-6-9-17)21(26)16-28-20-11-7-10-18(14-20)22(27)24-19-12-13-19/h4-11,14,19H,12-13,15-16H2,1-3H3,(H,24,27). The second-order valence-corrected chi connectivity index (χ2v) is 8.20. The Kier molecular flexibility index (Phi) is 6.02. The van der Waals surface area contributed by atoms with Gasteiger partial charge in [-0.3, -0.25) is 9.59 Å². The van der Waals surface area contributed by atoms with E-state index < -0.39 is 0 Å². The van der Waals surface area contributed by atoms with Crippen molar-refractivity contribution in [2.24, 2.45) is 0 Å². The lowest BCUT2D eigenvalue weighted by molar-refractivity contribution is -0.139. The van der Waals surface area contributed by atoms with Gasteiger partial charge in [-0.25, -0.2) is 0 Å². The molecule has 2 aromatic rings. The van der Waals surface area contributed by atoms with Crippen molar-refractivity contribution in [3.05, 3.63) is 65.7 Å². The second kappa shape index (κ2) is 8.46. The number of hydrogen-bond donors (Lipinski definition) is 1. The van der Waals surface area contributed by atoms with Gasteiger partial charge in [0.15, 0.2) is 6.61 Å². The molecule has 1 fully saturated rings. The Morgan fingerprint density at radius 3 is 2.43 bits per heavy atom. The molecule has 0 unspecified atom stereocenters. The van der Waals surface area contributed by atoms with E-state index in [1.165, 1.54) is 0 Å². The molecule has 1 N–H and O–H groups in total. The molecule has 1 aliphatic rings. The monoisotopic (exact) mass is 380 g/mol. The molecule has 0 bridgehead atoms. The van der Waals surface area contributed by atoms with E-state index in [0.717, 1.165) is 18.4 Å². The molecule has 0 aromatic heterocycles. The van der Waals surface area contributed by atoms with Crippen molar-refractivity contribution in [1.29, 1.82) is 0 Å². The van der Waals surface area contributed by atoms with Crippen LogP contribution in [0.25, 0.3) is 0 Å². The molecule has 2 amide bonds. The third-order valence-corrected chi connectivity index (χ3v) is 4.67. The van der Waals surface area contributed by atoms with Gasteiger partial charge in [-0.1, -0.05) is 36.4 Å². The molecule has 0 aliphatic heterocycles. The average molecular weight is 380 g/mol. The van der Waals surface area contributed by atoms with Crippen molar-refractivity contribution in [1.82, 2.24) is 10.2 Å². The van der Waals surface area contributed by atoms with E-state index in [4.69, 9.17) is 4.74 Å². The number of carbonyl (C=O) groups excluding carboxylic acids is 2. The highest BCUT2D eigenvalue weighted by molar-refractivity contribution is 5.95. The van der Waals surface area contributed by atoms with Crippen LogP contribution in [-0.4, -0.2) is 34.9 Å². The number of amides is 2. The zero-order valence-corrected chi connectivity index (χ0v) is 16.8. The topological polar surface area (TPSA) is 58.6 Å². The number of benzene rings is 2. The van der Waals surface area contributed by atoms with E-state index in [1.807, 2.05) is 56.0 Å². The van der Waals surface area contributed by atoms with E-state index in [-0.39, 0.29) is 24.0 Å². The molecule has 1 saturated carbocycles. The van der Waals surface area contributed by atoms with E-state index in [9.17, 15) is 9.59 Å². The Bertz CT molecular complexity index is 823.